The van der Waals surface area contributed by atoms with Gasteiger partial charge in [0, 0.05) is 6.54 Å². The predicted molar refractivity (Wildman–Crippen MR) is 126 cm³/mol. The van der Waals surface area contributed by atoms with Crippen molar-refractivity contribution in [3.63, 3.8) is 0 Å². The van der Waals surface area contributed by atoms with E-state index in [9.17, 15) is 4.79 Å². The van der Waals surface area contributed by atoms with Crippen LogP contribution in [0.3, 0.4) is 0 Å². The van der Waals surface area contributed by atoms with Crippen molar-refractivity contribution >= 4 is 6.09 Å². The number of quaternary nitrogens is 1. The summed E-state index contributed by atoms with van der Waals surface area (Å²) in [4.78, 5) is 11.6. The Kier molecular flexibility index (Phi) is 24.8. The van der Waals surface area contributed by atoms with Crippen LogP contribution >= 0.6 is 0 Å². The number of alkyl carbamates (subject to hydrolysis) is 1. The number of amides is 1. The van der Waals surface area contributed by atoms with Gasteiger partial charge in [0.15, 0.2) is 0 Å². The van der Waals surface area contributed by atoms with Gasteiger partial charge in [0.05, 0.1) is 20.6 Å². The maximum absolute atomic E-state index is 11.6. The van der Waals surface area contributed by atoms with Gasteiger partial charge in [-0.05, 0) is 19.3 Å². The lowest BCUT2D eigenvalue weighted by Gasteiger charge is -2.29. The number of likely N-dealkylation sites (N-methyl/N-ethyl adjacent to an activating group) is 1. The molecule has 0 saturated heterocycles. The van der Waals surface area contributed by atoms with Gasteiger partial charge in [0.25, 0.3) is 0 Å². The summed E-state index contributed by atoms with van der Waals surface area (Å²) in [7, 11) is 4.47. The summed E-state index contributed by atoms with van der Waals surface area (Å²) < 4.78 is 6.21. The van der Waals surface area contributed by atoms with E-state index in [0.29, 0.717) is 13.2 Å². The molecule has 5 heteroatoms. The molecular weight excluding hydrogens is 440 g/mol. The molecule has 0 unspecified atom stereocenters. The molecule has 0 aromatic carbocycles. The Morgan fingerprint density at radius 3 is 1.57 bits per heavy atom. The Labute approximate surface area is 199 Å². The lowest BCUT2D eigenvalue weighted by atomic mass is 10.0. The van der Waals surface area contributed by atoms with Crippen molar-refractivity contribution in [1.82, 2.24) is 5.32 Å². The van der Waals surface area contributed by atoms with Crippen LogP contribution in [0.5, 0.6) is 0 Å². The lowest BCUT2D eigenvalue weighted by molar-refractivity contribution is -0.890. The molecule has 30 heavy (non-hydrogen) atoms. The number of unbranched alkanes of at least 4 members (excludes halogenated alkanes) is 14. The highest BCUT2D eigenvalue weighted by molar-refractivity contribution is 5.66. The first kappa shape index (κ1) is 31.9. The van der Waals surface area contributed by atoms with Gasteiger partial charge < -0.3 is 31.5 Å². The number of hydrogen-bond acceptors (Lipinski definition) is 2. The standard InChI is InChI=1S/C25H52N2O2.BrH/c1-5-7-9-10-11-12-13-14-15-16-17-18-19-20-22-27(3,4)23-24-29-25(28)26-21-8-6-2;/h5-24H2,1-4H3;1H. The second kappa shape index (κ2) is 23.4. The minimum absolute atomic E-state index is 0. The van der Waals surface area contributed by atoms with Gasteiger partial charge in [-0.15, -0.1) is 0 Å². The number of hydrogen-bond donors (Lipinski definition) is 1. The third kappa shape index (κ3) is 24.0. The normalized spacial score (nSPS) is 11.2. The van der Waals surface area contributed by atoms with Crippen molar-refractivity contribution in [2.45, 2.75) is 117 Å². The van der Waals surface area contributed by atoms with Crippen LogP contribution in [0.2, 0.25) is 0 Å². The average molecular weight is 494 g/mol. The van der Waals surface area contributed by atoms with Crippen molar-refractivity contribution in [3.8, 4) is 0 Å². The molecule has 1 N–H and O–H groups in total. The maximum atomic E-state index is 11.6. The van der Waals surface area contributed by atoms with E-state index in [1.54, 1.807) is 0 Å². The smallest absolute Gasteiger partial charge is 0.407 e. The number of nitrogens with zero attached hydrogens (tertiary/aromatic N) is 1. The minimum Gasteiger partial charge on any atom is -1.00 e. The summed E-state index contributed by atoms with van der Waals surface area (Å²) in [6.45, 7) is 7.67. The SMILES string of the molecule is CCCCCCCCCCCCCCCC[N+](C)(C)CCOC(=O)NCCCC.[Br-]. The average Bonchev–Trinajstić information content (AvgIpc) is 2.68. The number of ether oxygens (including phenoxy) is 1. The molecule has 0 aliphatic rings. The largest absolute Gasteiger partial charge is 1.00 e. The van der Waals surface area contributed by atoms with E-state index in [1.807, 2.05) is 0 Å². The summed E-state index contributed by atoms with van der Waals surface area (Å²) in [5.41, 5.74) is 0. The maximum Gasteiger partial charge on any atom is 0.407 e. The van der Waals surface area contributed by atoms with Crippen LogP contribution in [0.15, 0.2) is 0 Å². The Balaban J connectivity index is 0. The molecule has 0 spiro atoms. The summed E-state index contributed by atoms with van der Waals surface area (Å²) in [6.07, 6.45) is 21.4. The molecule has 0 heterocycles. The number of carbonyl (C=O) groups is 1. The molecule has 1 amide bonds. The van der Waals surface area contributed by atoms with Crippen molar-refractivity contribution in [2.24, 2.45) is 0 Å². The summed E-state index contributed by atoms with van der Waals surface area (Å²) >= 11 is 0. The molecule has 4 nitrogen and oxygen atoms in total. The fourth-order valence-electron chi connectivity index (χ4n) is 3.65. The van der Waals surface area contributed by atoms with Gasteiger partial charge in [-0.2, -0.15) is 0 Å². The van der Waals surface area contributed by atoms with E-state index >= 15 is 0 Å². The Morgan fingerprint density at radius 2 is 1.10 bits per heavy atom. The molecule has 0 aliphatic carbocycles. The summed E-state index contributed by atoms with van der Waals surface area (Å²) in [5.74, 6) is 0. The zero-order valence-corrected chi connectivity index (χ0v) is 22.4. The predicted octanol–water partition coefficient (Wildman–Crippen LogP) is 4.07. The summed E-state index contributed by atoms with van der Waals surface area (Å²) in [5, 5.41) is 2.80. The van der Waals surface area contributed by atoms with Crippen LogP contribution in [-0.2, 0) is 4.74 Å². The summed E-state index contributed by atoms with van der Waals surface area (Å²) in [6, 6.07) is 0. The van der Waals surface area contributed by atoms with Gasteiger partial charge in [0.2, 0.25) is 0 Å². The van der Waals surface area contributed by atoms with E-state index in [0.717, 1.165) is 23.9 Å². The molecule has 0 aliphatic heterocycles. The number of halogens is 1. The van der Waals surface area contributed by atoms with Gasteiger partial charge in [0.1, 0.15) is 13.2 Å². The van der Waals surface area contributed by atoms with Gasteiger partial charge in [-0.1, -0.05) is 97.3 Å². The van der Waals surface area contributed by atoms with Crippen molar-refractivity contribution in [3.05, 3.63) is 0 Å². The molecule has 0 aromatic rings. The number of carbonyl (C=O) groups excluding carboxylic acids is 1. The van der Waals surface area contributed by atoms with Crippen LogP contribution in [0.4, 0.5) is 4.79 Å². The fourth-order valence-corrected chi connectivity index (χ4v) is 3.65. The van der Waals surface area contributed by atoms with Gasteiger partial charge in [-0.3, -0.25) is 0 Å². The van der Waals surface area contributed by atoms with Crippen molar-refractivity contribution in [2.75, 3.05) is 40.3 Å². The molecule has 0 atom stereocenters. The second-order valence-corrected chi connectivity index (χ2v) is 9.40. The zero-order chi connectivity index (χ0) is 21.6. The first-order valence-electron chi connectivity index (χ1n) is 12.7. The van der Waals surface area contributed by atoms with E-state index < -0.39 is 0 Å². The highest BCUT2D eigenvalue weighted by atomic mass is 79.9. The minimum atomic E-state index is -0.269. The molecule has 182 valence electrons. The third-order valence-electron chi connectivity index (χ3n) is 5.85. The van der Waals surface area contributed by atoms with E-state index in [4.69, 9.17) is 4.74 Å². The fraction of sp³-hybridized carbons (Fsp3) is 0.960. The quantitative estimate of drug-likeness (QED) is 0.193. The lowest BCUT2D eigenvalue weighted by Crippen LogP contribution is -3.00. The topological polar surface area (TPSA) is 38.3 Å². The zero-order valence-electron chi connectivity index (χ0n) is 20.8. The van der Waals surface area contributed by atoms with Crippen LogP contribution < -0.4 is 22.3 Å². The molecule has 0 rings (SSSR count). The Hall–Kier alpha value is -0.290. The first-order chi connectivity index (χ1) is 14.0. The van der Waals surface area contributed by atoms with Crippen molar-refractivity contribution in [1.29, 1.82) is 0 Å². The Morgan fingerprint density at radius 1 is 0.667 bits per heavy atom. The molecule has 0 radical (unpaired) electrons. The van der Waals surface area contributed by atoms with Crippen LogP contribution in [0, 0.1) is 0 Å². The van der Waals surface area contributed by atoms with E-state index in [-0.39, 0.29) is 23.1 Å². The first-order valence-corrected chi connectivity index (χ1v) is 12.7. The second-order valence-electron chi connectivity index (χ2n) is 9.40. The number of rotatable bonds is 21. The highest BCUT2D eigenvalue weighted by Gasteiger charge is 2.15. The molecular formula is C25H53BrN2O2. The molecule has 0 fully saturated rings. The van der Waals surface area contributed by atoms with Crippen LogP contribution in [0.1, 0.15) is 117 Å². The monoisotopic (exact) mass is 492 g/mol. The van der Waals surface area contributed by atoms with E-state index in [1.165, 1.54) is 96.4 Å². The van der Waals surface area contributed by atoms with Crippen LogP contribution in [0.25, 0.3) is 0 Å². The third-order valence-corrected chi connectivity index (χ3v) is 5.85. The van der Waals surface area contributed by atoms with Crippen LogP contribution in [-0.4, -0.2) is 50.9 Å². The van der Waals surface area contributed by atoms with Gasteiger partial charge >= 0.3 is 6.09 Å². The highest BCUT2D eigenvalue weighted by Crippen LogP contribution is 2.13. The number of nitrogens with one attached hydrogen (secondary N) is 1. The van der Waals surface area contributed by atoms with E-state index in [2.05, 4.69) is 33.3 Å². The van der Waals surface area contributed by atoms with Crippen molar-refractivity contribution < 1.29 is 31.0 Å². The molecule has 0 bridgehead atoms. The molecule has 0 aromatic heterocycles. The Bertz CT molecular complexity index is 365. The molecule has 0 saturated carbocycles. The van der Waals surface area contributed by atoms with Gasteiger partial charge in [-0.25, -0.2) is 4.79 Å².